The lowest BCUT2D eigenvalue weighted by Crippen LogP contribution is -2.51. The van der Waals surface area contributed by atoms with E-state index in [-0.39, 0.29) is 29.3 Å². The van der Waals surface area contributed by atoms with E-state index < -0.39 is 0 Å². The summed E-state index contributed by atoms with van der Waals surface area (Å²) in [5.74, 6) is 0.387. The number of fused-ring (bicyclic) bond motifs is 1. The average molecular weight is 482 g/mol. The first-order valence-electron chi connectivity index (χ1n) is 12.6. The Hall–Kier alpha value is -2.18. The van der Waals surface area contributed by atoms with Gasteiger partial charge >= 0.3 is 0 Å². The molecule has 0 spiro atoms. The molecule has 184 valence electrons. The van der Waals surface area contributed by atoms with Gasteiger partial charge in [0.1, 0.15) is 0 Å². The maximum Gasteiger partial charge on any atom is 0.239 e. The summed E-state index contributed by atoms with van der Waals surface area (Å²) in [4.78, 5) is 34.3. The van der Waals surface area contributed by atoms with Gasteiger partial charge in [-0.05, 0) is 60.2 Å². The normalized spacial score (nSPS) is 20.6. The summed E-state index contributed by atoms with van der Waals surface area (Å²) < 4.78 is 0. The number of hydrogen-bond donors (Lipinski definition) is 0. The average Bonchev–Trinajstić information content (AvgIpc) is 3.12. The molecule has 2 aromatic rings. The minimum absolute atomic E-state index is 0.0211. The van der Waals surface area contributed by atoms with Gasteiger partial charge in [-0.3, -0.25) is 14.5 Å². The van der Waals surface area contributed by atoms with Gasteiger partial charge in [0.25, 0.3) is 0 Å². The van der Waals surface area contributed by atoms with Crippen LogP contribution < -0.4 is 0 Å². The second-order valence-electron chi connectivity index (χ2n) is 11.0. The first-order valence-corrected chi connectivity index (χ1v) is 13.5. The van der Waals surface area contributed by atoms with Crippen LogP contribution in [0.25, 0.3) is 0 Å². The maximum absolute atomic E-state index is 13.8. The van der Waals surface area contributed by atoms with Gasteiger partial charge in [0, 0.05) is 44.0 Å². The molecule has 4 rings (SSSR count). The van der Waals surface area contributed by atoms with Crippen LogP contribution in [0.15, 0.2) is 35.7 Å². The van der Waals surface area contributed by atoms with Gasteiger partial charge in [-0.15, -0.1) is 11.3 Å². The van der Waals surface area contributed by atoms with Crippen LogP contribution in [0.2, 0.25) is 0 Å². The van der Waals surface area contributed by atoms with Crippen molar-refractivity contribution in [3.05, 3.63) is 57.3 Å². The van der Waals surface area contributed by atoms with Crippen LogP contribution in [0.1, 0.15) is 68.1 Å². The van der Waals surface area contributed by atoms with E-state index in [0.717, 1.165) is 32.5 Å². The topological polar surface area (TPSA) is 43.9 Å². The van der Waals surface area contributed by atoms with E-state index in [2.05, 4.69) is 75.2 Å². The van der Waals surface area contributed by atoms with E-state index in [1.165, 1.54) is 21.6 Å². The fourth-order valence-electron chi connectivity index (χ4n) is 5.35. The summed E-state index contributed by atoms with van der Waals surface area (Å²) in [6, 6.07) is 10.7. The van der Waals surface area contributed by atoms with Gasteiger partial charge < -0.3 is 9.80 Å². The van der Waals surface area contributed by atoms with Crippen molar-refractivity contribution in [3.8, 4) is 0 Å². The fraction of sp³-hybridized carbons (Fsp3) is 0.571. The van der Waals surface area contributed by atoms with Crippen molar-refractivity contribution in [2.24, 2.45) is 5.41 Å². The third kappa shape index (κ3) is 5.38. The molecule has 0 aliphatic carbocycles. The Morgan fingerprint density at radius 2 is 1.71 bits per heavy atom. The van der Waals surface area contributed by atoms with Gasteiger partial charge in [-0.25, -0.2) is 0 Å². The number of thiophene rings is 1. The van der Waals surface area contributed by atoms with E-state index >= 15 is 0 Å². The highest BCUT2D eigenvalue weighted by atomic mass is 32.1. The minimum Gasteiger partial charge on any atom is -0.341 e. The molecule has 1 aromatic heterocycles. The number of hydrogen-bond acceptors (Lipinski definition) is 4. The Labute approximate surface area is 208 Å². The summed E-state index contributed by atoms with van der Waals surface area (Å²) in [5, 5.41) is 2.18. The molecule has 0 saturated carbocycles. The molecule has 0 unspecified atom stereocenters. The second kappa shape index (κ2) is 10.2. The zero-order chi connectivity index (χ0) is 24.5. The number of benzene rings is 1. The van der Waals surface area contributed by atoms with Crippen LogP contribution in [0, 0.1) is 12.3 Å². The summed E-state index contributed by atoms with van der Waals surface area (Å²) in [6.45, 7) is 14.1. The first kappa shape index (κ1) is 24.9. The SMILES string of the molecule is Cc1ccccc1[C@@H]1c2ccsc2CCN1[C@H](C)C(=O)N1CCCN(C(=O)CC(C)(C)C)CC1. The highest BCUT2D eigenvalue weighted by molar-refractivity contribution is 7.10. The van der Waals surface area contributed by atoms with E-state index in [9.17, 15) is 9.59 Å². The van der Waals surface area contributed by atoms with E-state index in [1.54, 1.807) is 0 Å². The van der Waals surface area contributed by atoms with Crippen molar-refractivity contribution in [2.75, 3.05) is 32.7 Å². The molecule has 5 nitrogen and oxygen atoms in total. The standard InChI is InChI=1S/C28H39N3O2S/c1-20-9-6-7-10-22(20)26-23-12-18-34-24(23)11-15-31(26)21(2)27(33)30-14-8-13-29(16-17-30)25(32)19-28(3,4)5/h6-7,9-10,12,18,21,26H,8,11,13-17,19H2,1-5H3/t21-,26-/m1/s1. The van der Waals surface area contributed by atoms with Gasteiger partial charge in [0.15, 0.2) is 0 Å². The summed E-state index contributed by atoms with van der Waals surface area (Å²) in [6.07, 6.45) is 2.37. The van der Waals surface area contributed by atoms with E-state index in [1.807, 2.05) is 21.1 Å². The fourth-order valence-corrected chi connectivity index (χ4v) is 6.26. The Bertz CT molecular complexity index is 1020. The van der Waals surface area contributed by atoms with Crippen molar-refractivity contribution in [2.45, 2.75) is 66.0 Å². The molecular formula is C28H39N3O2S. The molecule has 1 aromatic carbocycles. The zero-order valence-corrected chi connectivity index (χ0v) is 22.2. The maximum atomic E-state index is 13.8. The number of amides is 2. The highest BCUT2D eigenvalue weighted by Gasteiger charge is 2.37. The third-order valence-electron chi connectivity index (χ3n) is 7.18. The Morgan fingerprint density at radius 3 is 2.44 bits per heavy atom. The molecule has 0 bridgehead atoms. The van der Waals surface area contributed by atoms with Gasteiger partial charge in [0.2, 0.25) is 11.8 Å². The van der Waals surface area contributed by atoms with Crippen LogP contribution in [-0.2, 0) is 16.0 Å². The quantitative estimate of drug-likeness (QED) is 0.625. The van der Waals surface area contributed by atoms with Crippen molar-refractivity contribution >= 4 is 23.2 Å². The van der Waals surface area contributed by atoms with Crippen molar-refractivity contribution < 1.29 is 9.59 Å². The first-order chi connectivity index (χ1) is 16.2. The summed E-state index contributed by atoms with van der Waals surface area (Å²) in [7, 11) is 0. The van der Waals surface area contributed by atoms with Crippen LogP contribution in [-0.4, -0.2) is 65.3 Å². The molecule has 0 N–H and O–H groups in total. The van der Waals surface area contributed by atoms with Crippen LogP contribution in [0.4, 0.5) is 0 Å². The highest BCUT2D eigenvalue weighted by Crippen LogP contribution is 2.40. The molecule has 0 radical (unpaired) electrons. The monoisotopic (exact) mass is 481 g/mol. The number of aryl methyl sites for hydroxylation is 1. The zero-order valence-electron chi connectivity index (χ0n) is 21.3. The molecular weight excluding hydrogens is 442 g/mol. The predicted octanol–water partition coefficient (Wildman–Crippen LogP) is 4.89. The largest absolute Gasteiger partial charge is 0.341 e. The summed E-state index contributed by atoms with van der Waals surface area (Å²) in [5.41, 5.74) is 3.88. The Balaban J connectivity index is 1.50. The van der Waals surface area contributed by atoms with E-state index in [4.69, 9.17) is 0 Å². The third-order valence-corrected chi connectivity index (χ3v) is 8.18. The molecule has 3 heterocycles. The number of carbonyl (C=O) groups is 2. The Kier molecular flexibility index (Phi) is 7.48. The van der Waals surface area contributed by atoms with Gasteiger partial charge in [-0.2, -0.15) is 0 Å². The Morgan fingerprint density at radius 1 is 1.00 bits per heavy atom. The lowest BCUT2D eigenvalue weighted by molar-refractivity contribution is -0.138. The number of carbonyl (C=O) groups excluding carboxylic acids is 2. The van der Waals surface area contributed by atoms with E-state index in [0.29, 0.717) is 19.5 Å². The molecule has 1 fully saturated rings. The van der Waals surface area contributed by atoms with Crippen LogP contribution in [0.3, 0.4) is 0 Å². The van der Waals surface area contributed by atoms with Crippen LogP contribution in [0.5, 0.6) is 0 Å². The lowest BCUT2D eigenvalue weighted by atomic mass is 9.89. The molecule has 6 heteroatoms. The van der Waals surface area contributed by atoms with Crippen molar-refractivity contribution in [1.29, 1.82) is 0 Å². The number of nitrogens with zero attached hydrogens (tertiary/aromatic N) is 3. The molecule has 1 saturated heterocycles. The van der Waals surface area contributed by atoms with Crippen molar-refractivity contribution in [3.63, 3.8) is 0 Å². The molecule has 34 heavy (non-hydrogen) atoms. The smallest absolute Gasteiger partial charge is 0.239 e. The number of rotatable bonds is 4. The van der Waals surface area contributed by atoms with Crippen molar-refractivity contribution in [1.82, 2.24) is 14.7 Å². The molecule has 2 aliphatic rings. The summed E-state index contributed by atoms with van der Waals surface area (Å²) >= 11 is 1.83. The van der Waals surface area contributed by atoms with Crippen LogP contribution >= 0.6 is 11.3 Å². The van der Waals surface area contributed by atoms with Gasteiger partial charge in [0.05, 0.1) is 12.1 Å². The molecule has 2 amide bonds. The molecule has 2 atom stereocenters. The lowest BCUT2D eigenvalue weighted by Gasteiger charge is -2.41. The van der Waals surface area contributed by atoms with Gasteiger partial charge in [-0.1, -0.05) is 45.0 Å². The predicted molar refractivity (Wildman–Crippen MR) is 139 cm³/mol. The molecule has 2 aliphatic heterocycles. The second-order valence-corrected chi connectivity index (χ2v) is 12.0. The minimum atomic E-state index is -0.213.